The number of fused-ring (bicyclic) bond motifs is 1. The van der Waals surface area contributed by atoms with Crippen molar-refractivity contribution in [2.75, 3.05) is 32.8 Å². The lowest BCUT2D eigenvalue weighted by Gasteiger charge is -2.38. The second kappa shape index (κ2) is 13.6. The summed E-state index contributed by atoms with van der Waals surface area (Å²) < 4.78 is -1.02. The highest BCUT2D eigenvalue weighted by Gasteiger charge is 2.77. The third-order valence-corrected chi connectivity index (χ3v) is 11.1. The van der Waals surface area contributed by atoms with Crippen LogP contribution in [0.2, 0.25) is 0 Å². The first-order valence-electron chi connectivity index (χ1n) is 15.2. The van der Waals surface area contributed by atoms with Gasteiger partial charge in [0.1, 0.15) is 6.04 Å². The van der Waals surface area contributed by atoms with Crippen molar-refractivity contribution < 1.29 is 19.5 Å². The van der Waals surface area contributed by atoms with E-state index in [-0.39, 0.29) is 29.1 Å². The minimum absolute atomic E-state index is 0.0184. The second-order valence-electron chi connectivity index (χ2n) is 12.0. The summed E-state index contributed by atoms with van der Waals surface area (Å²) in [6, 6.07) is 9.30. The fraction of sp³-hybridized carbons (Fsp3) is 0.606. The Bertz CT molecular complexity index is 1110. The van der Waals surface area contributed by atoms with Gasteiger partial charge in [-0.15, -0.1) is 24.9 Å². The highest BCUT2D eigenvalue weighted by atomic mass is 32.2. The van der Waals surface area contributed by atoms with E-state index in [2.05, 4.69) is 27.0 Å². The topological polar surface area (TPSA) is 81.2 Å². The summed E-state index contributed by atoms with van der Waals surface area (Å²) in [6.07, 6.45) is 9.13. The van der Waals surface area contributed by atoms with Crippen LogP contribution in [-0.4, -0.2) is 85.8 Å². The SMILES string of the molecule is C=CCN(Cc1ccccc1)C(=O)C1N(CCCCCCO)C(=O)[C@@H]2[C@H](C(=O)N(CC=C)CCC)[C@]3(C)CCC12S3. The molecule has 1 aromatic carbocycles. The van der Waals surface area contributed by atoms with Gasteiger partial charge in [0.2, 0.25) is 17.7 Å². The summed E-state index contributed by atoms with van der Waals surface area (Å²) in [5, 5.41) is 9.21. The van der Waals surface area contributed by atoms with E-state index < -0.39 is 22.6 Å². The van der Waals surface area contributed by atoms with E-state index in [1.165, 1.54) is 0 Å². The Labute approximate surface area is 250 Å². The lowest BCUT2D eigenvalue weighted by molar-refractivity contribution is -0.145. The number of aliphatic hydroxyl groups is 1. The molecule has 1 N–H and O–H groups in total. The summed E-state index contributed by atoms with van der Waals surface area (Å²) in [7, 11) is 0. The zero-order valence-electron chi connectivity index (χ0n) is 24.8. The number of carbonyl (C=O) groups excluding carboxylic acids is 3. The predicted molar refractivity (Wildman–Crippen MR) is 165 cm³/mol. The van der Waals surface area contributed by atoms with Crippen molar-refractivity contribution in [2.24, 2.45) is 11.8 Å². The van der Waals surface area contributed by atoms with Crippen molar-refractivity contribution in [1.82, 2.24) is 14.7 Å². The molecule has 0 radical (unpaired) electrons. The van der Waals surface area contributed by atoms with Crippen LogP contribution < -0.4 is 0 Å². The minimum atomic E-state index is -0.628. The number of aliphatic hydroxyl groups excluding tert-OH is 1. The van der Waals surface area contributed by atoms with Gasteiger partial charge in [-0.25, -0.2) is 0 Å². The number of benzene rings is 1. The van der Waals surface area contributed by atoms with Gasteiger partial charge in [0.05, 0.1) is 16.6 Å². The Kier molecular flexibility index (Phi) is 10.4. The molecule has 3 aliphatic rings. The van der Waals surface area contributed by atoms with Crippen LogP contribution >= 0.6 is 11.8 Å². The molecule has 3 aliphatic heterocycles. The fourth-order valence-electron chi connectivity index (χ4n) is 7.35. The van der Waals surface area contributed by atoms with Gasteiger partial charge in [-0.05, 0) is 44.6 Å². The largest absolute Gasteiger partial charge is 0.396 e. The van der Waals surface area contributed by atoms with Crippen molar-refractivity contribution in [3.63, 3.8) is 0 Å². The molecule has 0 aliphatic carbocycles. The zero-order valence-corrected chi connectivity index (χ0v) is 25.6. The van der Waals surface area contributed by atoms with E-state index in [9.17, 15) is 19.5 Å². The number of thioether (sulfide) groups is 1. The third-order valence-electron chi connectivity index (χ3n) is 9.12. The van der Waals surface area contributed by atoms with E-state index in [0.29, 0.717) is 32.7 Å². The van der Waals surface area contributed by atoms with Crippen LogP contribution in [0, 0.1) is 11.8 Å². The number of rotatable bonds is 16. The standard InChI is InChI=1S/C33H47N3O4S/c1-5-19-34(20-6-2)29(38)26-27-30(39)36(22-13-8-9-14-23-37)28(33(27)18-17-32(26,4)41-33)31(40)35(21-7-3)24-25-15-11-10-12-16-25/h5,7,10-12,15-16,26-28,37H,1,3,6,8-9,13-14,17-24H2,2,4H3/t26-,27+,28?,32+,33?/m1/s1. The number of likely N-dealkylation sites (tertiary alicyclic amines) is 1. The molecule has 1 spiro atoms. The van der Waals surface area contributed by atoms with Gasteiger partial charge < -0.3 is 19.8 Å². The molecule has 3 heterocycles. The molecular weight excluding hydrogens is 534 g/mol. The van der Waals surface area contributed by atoms with Crippen LogP contribution in [0.5, 0.6) is 0 Å². The normalized spacial score (nSPS) is 28.0. The van der Waals surface area contributed by atoms with Crippen LogP contribution in [0.4, 0.5) is 0 Å². The van der Waals surface area contributed by atoms with Gasteiger partial charge in [-0.2, -0.15) is 0 Å². The Morgan fingerprint density at radius 3 is 2.39 bits per heavy atom. The molecule has 41 heavy (non-hydrogen) atoms. The van der Waals surface area contributed by atoms with Gasteiger partial charge in [-0.1, -0.05) is 62.2 Å². The summed E-state index contributed by atoms with van der Waals surface area (Å²) >= 11 is 1.73. The predicted octanol–water partition coefficient (Wildman–Crippen LogP) is 4.66. The second-order valence-corrected chi connectivity index (χ2v) is 13.9. The molecule has 3 amide bonds. The molecule has 3 saturated heterocycles. The Balaban J connectivity index is 1.71. The quantitative estimate of drug-likeness (QED) is 0.227. The molecule has 0 saturated carbocycles. The summed E-state index contributed by atoms with van der Waals surface area (Å²) in [5.74, 6) is -1.06. The Hall–Kier alpha value is -2.58. The maximum atomic E-state index is 14.6. The monoisotopic (exact) mass is 581 g/mol. The van der Waals surface area contributed by atoms with Gasteiger partial charge in [0.15, 0.2) is 0 Å². The molecule has 4 rings (SSSR count). The third kappa shape index (κ3) is 6.00. The molecule has 0 aromatic heterocycles. The number of carbonyl (C=O) groups is 3. The highest BCUT2D eigenvalue weighted by Crippen LogP contribution is 2.71. The lowest BCUT2D eigenvalue weighted by Crippen LogP contribution is -2.55. The maximum Gasteiger partial charge on any atom is 0.247 e. The zero-order chi connectivity index (χ0) is 29.6. The van der Waals surface area contributed by atoms with E-state index in [4.69, 9.17) is 0 Å². The van der Waals surface area contributed by atoms with Crippen LogP contribution in [-0.2, 0) is 20.9 Å². The number of hydrogen-bond donors (Lipinski definition) is 1. The van der Waals surface area contributed by atoms with Crippen molar-refractivity contribution in [1.29, 1.82) is 0 Å². The van der Waals surface area contributed by atoms with Crippen LogP contribution in [0.3, 0.4) is 0 Å². The average molecular weight is 582 g/mol. The maximum absolute atomic E-state index is 14.6. The Morgan fingerprint density at radius 2 is 1.73 bits per heavy atom. The molecule has 2 unspecified atom stereocenters. The van der Waals surface area contributed by atoms with Gasteiger partial charge in [0, 0.05) is 44.1 Å². The van der Waals surface area contributed by atoms with Crippen molar-refractivity contribution in [3.8, 4) is 0 Å². The van der Waals surface area contributed by atoms with Crippen LogP contribution in [0.1, 0.15) is 64.4 Å². The average Bonchev–Trinajstić information content (AvgIpc) is 3.53. The van der Waals surface area contributed by atoms with Crippen molar-refractivity contribution in [2.45, 2.75) is 80.9 Å². The lowest BCUT2D eigenvalue weighted by atomic mass is 9.66. The van der Waals surface area contributed by atoms with E-state index in [1.807, 2.05) is 45.0 Å². The summed E-state index contributed by atoms with van der Waals surface area (Å²) in [5.41, 5.74) is 1.03. The first kappa shape index (κ1) is 31.4. The van der Waals surface area contributed by atoms with Gasteiger partial charge in [-0.3, -0.25) is 14.4 Å². The van der Waals surface area contributed by atoms with E-state index in [1.54, 1.807) is 23.9 Å². The molecule has 7 nitrogen and oxygen atoms in total. The molecule has 1 aromatic rings. The number of amides is 3. The Morgan fingerprint density at radius 1 is 1.05 bits per heavy atom. The minimum Gasteiger partial charge on any atom is -0.396 e. The highest BCUT2D eigenvalue weighted by molar-refractivity contribution is 8.02. The van der Waals surface area contributed by atoms with Crippen LogP contribution in [0.15, 0.2) is 55.6 Å². The smallest absolute Gasteiger partial charge is 0.247 e. The number of hydrogen-bond acceptors (Lipinski definition) is 5. The van der Waals surface area contributed by atoms with Gasteiger partial charge >= 0.3 is 0 Å². The molecule has 2 bridgehead atoms. The van der Waals surface area contributed by atoms with E-state index in [0.717, 1.165) is 50.5 Å². The van der Waals surface area contributed by atoms with Crippen molar-refractivity contribution >= 4 is 29.5 Å². The first-order valence-corrected chi connectivity index (χ1v) is 16.0. The van der Waals surface area contributed by atoms with Gasteiger partial charge in [0.25, 0.3) is 0 Å². The molecule has 224 valence electrons. The van der Waals surface area contributed by atoms with E-state index >= 15 is 0 Å². The summed E-state index contributed by atoms with van der Waals surface area (Å²) in [4.78, 5) is 48.7. The molecule has 3 fully saturated rings. The fourth-order valence-corrected chi connectivity index (χ4v) is 9.69. The number of nitrogens with zero attached hydrogens (tertiary/aromatic N) is 3. The van der Waals surface area contributed by atoms with Crippen molar-refractivity contribution in [3.05, 3.63) is 61.2 Å². The first-order chi connectivity index (χ1) is 19.8. The molecular formula is C33H47N3O4S. The van der Waals surface area contributed by atoms with Crippen LogP contribution in [0.25, 0.3) is 0 Å². The number of unbranched alkanes of at least 4 members (excludes halogenated alkanes) is 3. The molecule has 8 heteroatoms. The summed E-state index contributed by atoms with van der Waals surface area (Å²) in [6.45, 7) is 14.5. The molecule has 5 atom stereocenters.